The molecular weight excluding hydrogens is 761 g/mol. The van der Waals surface area contributed by atoms with Crippen LogP contribution >= 0.6 is 0 Å². The number of benzene rings is 3. The normalized spacial score (nSPS) is 17.7. The van der Waals surface area contributed by atoms with Crippen molar-refractivity contribution in [2.75, 3.05) is 55.8 Å². The average Bonchev–Trinajstić information content (AvgIpc) is 3.45. The van der Waals surface area contributed by atoms with Gasteiger partial charge in [-0.05, 0) is 98.1 Å². The lowest BCUT2D eigenvalue weighted by Crippen LogP contribution is -2.54. The lowest BCUT2D eigenvalue weighted by atomic mass is 10.0. The standard InChI is InChI=1S/C42H46N8O7S/c1-58(55,56)32-16-9-28(10-17-32)35-7-6-8-37(45-35)46-42(43)44-29-11-13-30(14-12-29)49-24-22-48(23-25-49)21-4-2-3-5-26-57-31-15-18-33-34(27-31)41(54)50(40(33)53)36-19-20-38(51)47-39(36)52/h6-18,27,36H,2-5,19-26H2,1H3,(H,47,51,52)(H3,43,44,45,46). The van der Waals surface area contributed by atoms with Gasteiger partial charge in [0.15, 0.2) is 9.84 Å². The summed E-state index contributed by atoms with van der Waals surface area (Å²) in [5.41, 5.74) is 4.37. The zero-order valence-electron chi connectivity index (χ0n) is 32.2. The van der Waals surface area contributed by atoms with Crippen LogP contribution in [-0.2, 0) is 19.4 Å². The van der Waals surface area contributed by atoms with Crippen molar-refractivity contribution in [2.24, 2.45) is 4.99 Å². The smallest absolute Gasteiger partial charge is 0.262 e. The fraction of sp³-hybridized carbons (Fsp3) is 0.333. The van der Waals surface area contributed by atoms with Crippen LogP contribution in [0.1, 0.15) is 59.2 Å². The van der Waals surface area contributed by atoms with Gasteiger partial charge in [-0.15, -0.1) is 0 Å². The molecule has 7 rings (SSSR count). The van der Waals surface area contributed by atoms with Gasteiger partial charge >= 0.3 is 0 Å². The van der Waals surface area contributed by atoms with Crippen molar-refractivity contribution in [3.05, 3.63) is 102 Å². The van der Waals surface area contributed by atoms with Gasteiger partial charge in [-0.3, -0.25) is 39.7 Å². The maximum absolute atomic E-state index is 13.1. The van der Waals surface area contributed by atoms with Crippen LogP contribution in [0.25, 0.3) is 11.3 Å². The molecule has 16 heteroatoms. The van der Waals surface area contributed by atoms with E-state index in [1.54, 1.807) is 48.5 Å². The van der Waals surface area contributed by atoms with E-state index in [4.69, 9.17) is 10.1 Å². The van der Waals surface area contributed by atoms with Gasteiger partial charge in [0.05, 0.1) is 22.6 Å². The Balaban J connectivity index is 0.789. The molecule has 2 saturated heterocycles. The lowest BCUT2D eigenvalue weighted by molar-refractivity contribution is -0.136. The maximum atomic E-state index is 13.1. The number of imide groups is 2. The van der Waals surface area contributed by atoms with Gasteiger partial charge in [0.2, 0.25) is 17.8 Å². The van der Waals surface area contributed by atoms with Crippen molar-refractivity contribution in [2.45, 2.75) is 49.5 Å². The Morgan fingerprint density at radius 3 is 2.31 bits per heavy atom. The van der Waals surface area contributed by atoms with Crippen molar-refractivity contribution >= 4 is 50.8 Å². The molecule has 4 aromatic rings. The number of aromatic nitrogens is 1. The first-order valence-corrected chi connectivity index (χ1v) is 21.3. The van der Waals surface area contributed by atoms with Crippen LogP contribution < -0.4 is 25.8 Å². The van der Waals surface area contributed by atoms with Gasteiger partial charge in [-0.2, -0.15) is 4.99 Å². The van der Waals surface area contributed by atoms with Crippen LogP contribution in [0.3, 0.4) is 0 Å². The van der Waals surface area contributed by atoms with E-state index in [1.165, 1.54) is 6.26 Å². The lowest BCUT2D eigenvalue weighted by Gasteiger charge is -2.36. The van der Waals surface area contributed by atoms with Gasteiger partial charge < -0.3 is 19.9 Å². The third kappa shape index (κ3) is 9.52. The molecule has 1 atom stereocenters. The van der Waals surface area contributed by atoms with Crippen molar-refractivity contribution in [3.63, 3.8) is 0 Å². The number of sulfone groups is 1. The first-order chi connectivity index (χ1) is 27.9. The summed E-state index contributed by atoms with van der Waals surface area (Å²) in [6.07, 6.45) is 5.39. The number of piperidine rings is 1. The van der Waals surface area contributed by atoms with Gasteiger partial charge in [0.1, 0.15) is 17.3 Å². The number of nitrogens with one attached hydrogen (secondary N) is 4. The summed E-state index contributed by atoms with van der Waals surface area (Å²) in [6, 6.07) is 23.9. The van der Waals surface area contributed by atoms with E-state index in [1.807, 2.05) is 24.3 Å². The number of pyridine rings is 1. The highest BCUT2D eigenvalue weighted by molar-refractivity contribution is 7.90. The van der Waals surface area contributed by atoms with Crippen molar-refractivity contribution in [3.8, 4) is 17.0 Å². The van der Waals surface area contributed by atoms with E-state index in [2.05, 4.69) is 42.5 Å². The zero-order valence-corrected chi connectivity index (χ0v) is 33.0. The van der Waals surface area contributed by atoms with E-state index in [9.17, 15) is 27.6 Å². The number of anilines is 2. The molecule has 58 heavy (non-hydrogen) atoms. The second-order valence-corrected chi connectivity index (χ2v) is 16.6. The number of carbonyl (C=O) groups excluding carboxylic acids is 4. The van der Waals surface area contributed by atoms with E-state index in [-0.39, 0.29) is 34.8 Å². The third-order valence-corrected chi connectivity index (χ3v) is 11.7. The Morgan fingerprint density at radius 2 is 1.59 bits per heavy atom. The number of H-pyrrole nitrogens is 1. The Hall–Kier alpha value is -6.13. The highest BCUT2D eigenvalue weighted by Gasteiger charge is 2.44. The topological polar surface area (TPSA) is 197 Å². The first-order valence-electron chi connectivity index (χ1n) is 19.4. The number of ether oxygens (including phenoxy) is 1. The minimum Gasteiger partial charge on any atom is -0.494 e. The number of amides is 4. The monoisotopic (exact) mass is 806 g/mol. The largest absolute Gasteiger partial charge is 0.494 e. The molecule has 4 N–H and O–H groups in total. The molecule has 4 amide bonds. The first kappa shape index (κ1) is 40.1. The molecule has 0 aliphatic carbocycles. The molecule has 0 spiro atoms. The summed E-state index contributed by atoms with van der Waals surface area (Å²) < 4.78 is 29.5. The van der Waals surface area contributed by atoms with E-state index in [0.29, 0.717) is 17.8 Å². The molecule has 302 valence electrons. The van der Waals surface area contributed by atoms with Crippen LogP contribution in [0, 0.1) is 5.41 Å². The number of unbranched alkanes of at least 4 members (excludes halogenated alkanes) is 3. The predicted octanol–water partition coefficient (Wildman–Crippen LogP) is 4.20. The number of aromatic amines is 1. The van der Waals surface area contributed by atoms with Crippen molar-refractivity contribution < 1.29 is 32.3 Å². The average molecular weight is 807 g/mol. The molecule has 0 radical (unpaired) electrons. The molecule has 3 aliphatic rings. The number of carbonyl (C=O) groups is 4. The van der Waals surface area contributed by atoms with Gasteiger partial charge in [0.25, 0.3) is 11.8 Å². The quantitative estimate of drug-likeness (QED) is 0.0658. The van der Waals surface area contributed by atoms with Crippen molar-refractivity contribution in [1.29, 1.82) is 5.41 Å². The van der Waals surface area contributed by atoms with Gasteiger partial charge in [0, 0.05) is 55.9 Å². The summed E-state index contributed by atoms with van der Waals surface area (Å²) in [7, 11) is -3.28. The molecule has 1 aromatic heterocycles. The summed E-state index contributed by atoms with van der Waals surface area (Å²) in [6.45, 7) is 5.32. The van der Waals surface area contributed by atoms with E-state index < -0.39 is 39.5 Å². The second-order valence-electron chi connectivity index (χ2n) is 14.6. The van der Waals surface area contributed by atoms with Crippen molar-refractivity contribution in [1.82, 2.24) is 20.1 Å². The fourth-order valence-corrected chi connectivity index (χ4v) is 7.99. The summed E-state index contributed by atoms with van der Waals surface area (Å²) >= 11 is 0. The minimum absolute atomic E-state index is 0.0215. The molecule has 3 aliphatic heterocycles. The second kappa shape index (κ2) is 17.6. The molecule has 4 heterocycles. The number of nitrogens with zero attached hydrogens (tertiary/aromatic N) is 4. The van der Waals surface area contributed by atoms with Gasteiger partial charge in [-0.25, -0.2) is 8.42 Å². The molecule has 2 fully saturated rings. The number of guanidine groups is 1. The molecule has 0 saturated carbocycles. The van der Waals surface area contributed by atoms with Crippen LogP contribution in [-0.4, -0.2) is 104 Å². The number of fused-ring (bicyclic) bond motifs is 1. The van der Waals surface area contributed by atoms with Crippen LogP contribution in [0.4, 0.5) is 11.4 Å². The zero-order chi connectivity index (χ0) is 40.8. The highest BCUT2D eigenvalue weighted by Crippen LogP contribution is 2.30. The fourth-order valence-electron chi connectivity index (χ4n) is 7.36. The maximum Gasteiger partial charge on any atom is 0.262 e. The molecule has 0 bridgehead atoms. The van der Waals surface area contributed by atoms with Crippen LogP contribution in [0.15, 0.2) is 94.8 Å². The molecular formula is C42H46N8O7S. The Morgan fingerprint density at radius 1 is 0.862 bits per heavy atom. The van der Waals surface area contributed by atoms with E-state index >= 15 is 0 Å². The number of hydrogen-bond donors (Lipinski definition) is 4. The van der Waals surface area contributed by atoms with E-state index in [0.717, 1.165) is 85.9 Å². The molecule has 1 unspecified atom stereocenters. The highest BCUT2D eigenvalue weighted by atomic mass is 32.2. The van der Waals surface area contributed by atoms with Crippen LogP contribution in [0.5, 0.6) is 5.75 Å². The Labute approximate surface area is 336 Å². The summed E-state index contributed by atoms with van der Waals surface area (Å²) in [4.78, 5) is 63.4. The number of rotatable bonds is 13. The van der Waals surface area contributed by atoms with Gasteiger partial charge in [-0.1, -0.05) is 31.0 Å². The predicted molar refractivity (Wildman–Crippen MR) is 218 cm³/mol. The molecule has 15 nitrogen and oxygen atoms in total. The Bertz CT molecular complexity index is 2390. The SMILES string of the molecule is CS(=O)(=O)c1ccc(-c2ccc/c(=N/C(=N)Nc3ccc(N4CCN(CCCCCCOc5ccc6c(c5)C(=O)N(C5CCC(=O)NC5=O)C6=O)CC4)cc3)[nH]2)cc1. The molecule has 3 aromatic carbocycles. The van der Waals surface area contributed by atoms with Crippen LogP contribution in [0.2, 0.25) is 0 Å². The number of piperazine rings is 1. The summed E-state index contributed by atoms with van der Waals surface area (Å²) in [5.74, 6) is -1.64. The third-order valence-electron chi connectivity index (χ3n) is 10.5. The summed E-state index contributed by atoms with van der Waals surface area (Å²) in [5, 5.41) is 13.6. The Kier molecular flexibility index (Phi) is 12.1. The number of hydrogen-bond acceptors (Lipinski definition) is 10. The minimum atomic E-state index is -3.28.